The molecule has 0 unspecified atom stereocenters. The first kappa shape index (κ1) is 14.8. The van der Waals surface area contributed by atoms with Gasteiger partial charge in [-0.2, -0.15) is 18.5 Å². The molecule has 0 aliphatic heterocycles. The summed E-state index contributed by atoms with van der Waals surface area (Å²) in [6.07, 6.45) is 4.54. The van der Waals surface area contributed by atoms with Gasteiger partial charge in [0.25, 0.3) is 10.0 Å². The van der Waals surface area contributed by atoms with Crippen LogP contribution in [0.3, 0.4) is 0 Å². The van der Waals surface area contributed by atoms with Gasteiger partial charge < -0.3 is 4.74 Å². The predicted molar refractivity (Wildman–Crippen MR) is 81.3 cm³/mol. The van der Waals surface area contributed by atoms with Gasteiger partial charge in [0.2, 0.25) is 5.88 Å². The molecule has 0 aromatic carbocycles. The number of hydrogen-bond donors (Lipinski definition) is 1. The quantitative estimate of drug-likeness (QED) is 0.881. The number of nitrogens with zero attached hydrogens (tertiary/aromatic N) is 3. The van der Waals surface area contributed by atoms with Crippen molar-refractivity contribution in [3.8, 4) is 5.88 Å². The second kappa shape index (κ2) is 5.96. The van der Waals surface area contributed by atoms with Crippen molar-refractivity contribution in [3.05, 3.63) is 30.5 Å². The highest BCUT2D eigenvalue weighted by Crippen LogP contribution is 2.33. The molecule has 1 N–H and O–H groups in total. The van der Waals surface area contributed by atoms with Crippen LogP contribution in [-0.2, 0) is 10.0 Å². The van der Waals surface area contributed by atoms with Gasteiger partial charge in [0, 0.05) is 6.07 Å². The van der Waals surface area contributed by atoms with Gasteiger partial charge in [-0.1, -0.05) is 6.07 Å². The van der Waals surface area contributed by atoms with E-state index in [1.165, 1.54) is 12.3 Å². The van der Waals surface area contributed by atoms with Gasteiger partial charge in [-0.15, -0.1) is 0 Å². The zero-order chi connectivity index (χ0) is 15.6. The topological polar surface area (TPSA) is 86.1 Å². The highest BCUT2D eigenvalue weighted by Gasteiger charge is 2.28. The van der Waals surface area contributed by atoms with Gasteiger partial charge in [-0.05, 0) is 38.3 Å². The fraction of sp³-hybridized carbons (Fsp3) is 0.429. The van der Waals surface area contributed by atoms with Gasteiger partial charge in [0.15, 0.2) is 5.03 Å². The van der Waals surface area contributed by atoms with Crippen molar-refractivity contribution >= 4 is 15.8 Å². The number of hydrogen-bond acceptors (Lipinski definition) is 5. The highest BCUT2D eigenvalue weighted by molar-refractivity contribution is 7.92. The molecule has 118 valence electrons. The second-order valence-corrected chi connectivity index (χ2v) is 6.73. The van der Waals surface area contributed by atoms with Gasteiger partial charge in [-0.3, -0.25) is 4.72 Å². The summed E-state index contributed by atoms with van der Waals surface area (Å²) in [4.78, 5) is 4.12. The number of aromatic nitrogens is 3. The monoisotopic (exact) mass is 322 g/mol. The van der Waals surface area contributed by atoms with Crippen LogP contribution >= 0.6 is 0 Å². The van der Waals surface area contributed by atoms with E-state index in [4.69, 9.17) is 4.74 Å². The fourth-order valence-corrected chi connectivity index (χ4v) is 3.49. The maximum absolute atomic E-state index is 12.5. The van der Waals surface area contributed by atoms with Crippen LogP contribution in [0.1, 0.15) is 32.2 Å². The molecular formula is C14H18N4O3S. The first-order valence-electron chi connectivity index (χ1n) is 7.26. The van der Waals surface area contributed by atoms with Crippen molar-refractivity contribution in [1.82, 2.24) is 14.8 Å². The lowest BCUT2D eigenvalue weighted by molar-refractivity contribution is 0.271. The first-order chi connectivity index (χ1) is 10.6. The molecule has 0 bridgehead atoms. The molecule has 22 heavy (non-hydrogen) atoms. The van der Waals surface area contributed by atoms with Crippen LogP contribution in [0.2, 0.25) is 0 Å². The molecule has 1 fully saturated rings. The summed E-state index contributed by atoms with van der Waals surface area (Å²) in [5.41, 5.74) is 0. The molecule has 2 aromatic rings. The lowest BCUT2D eigenvalue weighted by atomic mass is 9.93. The number of rotatable bonds is 6. The smallest absolute Gasteiger partial charge is 0.280 e. The number of pyridine rings is 1. The van der Waals surface area contributed by atoms with Crippen LogP contribution in [-0.4, -0.2) is 29.8 Å². The Morgan fingerprint density at radius 2 is 2.18 bits per heavy atom. The van der Waals surface area contributed by atoms with E-state index >= 15 is 0 Å². The summed E-state index contributed by atoms with van der Waals surface area (Å²) in [6.45, 7) is 2.31. The molecular weight excluding hydrogens is 304 g/mol. The zero-order valence-corrected chi connectivity index (χ0v) is 13.1. The van der Waals surface area contributed by atoms with Gasteiger partial charge >= 0.3 is 0 Å². The van der Waals surface area contributed by atoms with Crippen molar-refractivity contribution in [2.75, 3.05) is 11.3 Å². The van der Waals surface area contributed by atoms with E-state index in [2.05, 4.69) is 14.8 Å². The SMILES string of the molecule is CCOc1cccc(NS(=O)(=O)c2ccnn2C2CCC2)n1. The number of nitrogens with one attached hydrogen (secondary N) is 1. The molecule has 0 radical (unpaired) electrons. The number of ether oxygens (including phenoxy) is 1. The van der Waals surface area contributed by atoms with Crippen molar-refractivity contribution in [1.29, 1.82) is 0 Å². The van der Waals surface area contributed by atoms with Crippen LogP contribution in [0.4, 0.5) is 5.82 Å². The Morgan fingerprint density at radius 1 is 1.36 bits per heavy atom. The Bertz CT molecular complexity index is 753. The van der Waals surface area contributed by atoms with E-state index in [1.807, 2.05) is 6.92 Å². The maximum atomic E-state index is 12.5. The molecule has 7 nitrogen and oxygen atoms in total. The predicted octanol–water partition coefficient (Wildman–Crippen LogP) is 2.20. The molecule has 0 saturated heterocycles. The van der Waals surface area contributed by atoms with Crippen molar-refractivity contribution in [2.45, 2.75) is 37.3 Å². The summed E-state index contributed by atoms with van der Waals surface area (Å²) < 4.78 is 34.4. The van der Waals surface area contributed by atoms with E-state index in [0.717, 1.165) is 19.3 Å². The third-order valence-corrected chi connectivity index (χ3v) is 4.94. The molecule has 1 aliphatic rings. The Balaban J connectivity index is 1.84. The van der Waals surface area contributed by atoms with Crippen LogP contribution < -0.4 is 9.46 Å². The first-order valence-corrected chi connectivity index (χ1v) is 8.74. The molecule has 2 heterocycles. The van der Waals surface area contributed by atoms with Crippen molar-refractivity contribution < 1.29 is 13.2 Å². The second-order valence-electron chi connectivity index (χ2n) is 5.10. The molecule has 1 saturated carbocycles. The zero-order valence-electron chi connectivity index (χ0n) is 12.3. The van der Waals surface area contributed by atoms with Crippen LogP contribution in [0.5, 0.6) is 5.88 Å². The summed E-state index contributed by atoms with van der Waals surface area (Å²) in [5.74, 6) is 0.613. The number of anilines is 1. The minimum absolute atomic E-state index is 0.167. The van der Waals surface area contributed by atoms with Crippen LogP contribution in [0, 0.1) is 0 Å². The summed E-state index contributed by atoms with van der Waals surface area (Å²) >= 11 is 0. The third kappa shape index (κ3) is 2.92. The Morgan fingerprint density at radius 3 is 2.86 bits per heavy atom. The fourth-order valence-electron chi connectivity index (χ4n) is 2.31. The van der Waals surface area contributed by atoms with E-state index < -0.39 is 10.0 Å². The highest BCUT2D eigenvalue weighted by atomic mass is 32.2. The Hall–Kier alpha value is -2.09. The minimum Gasteiger partial charge on any atom is -0.478 e. The average molecular weight is 322 g/mol. The molecule has 2 aromatic heterocycles. The molecule has 0 spiro atoms. The molecule has 3 rings (SSSR count). The lowest BCUT2D eigenvalue weighted by Crippen LogP contribution is -2.25. The normalized spacial score (nSPS) is 15.3. The molecule has 1 aliphatic carbocycles. The Kier molecular flexibility index (Phi) is 4.02. The molecule has 0 atom stereocenters. The average Bonchev–Trinajstić information content (AvgIpc) is 2.87. The van der Waals surface area contributed by atoms with Crippen molar-refractivity contribution in [2.24, 2.45) is 0 Å². The molecule has 0 amide bonds. The van der Waals surface area contributed by atoms with E-state index in [0.29, 0.717) is 12.5 Å². The molecule has 8 heteroatoms. The Labute approximate surface area is 129 Å². The van der Waals surface area contributed by atoms with E-state index in [9.17, 15) is 8.42 Å². The van der Waals surface area contributed by atoms with Gasteiger partial charge in [0.1, 0.15) is 5.82 Å². The van der Waals surface area contributed by atoms with E-state index in [-0.39, 0.29) is 16.9 Å². The van der Waals surface area contributed by atoms with E-state index in [1.54, 1.807) is 22.9 Å². The van der Waals surface area contributed by atoms with Crippen LogP contribution in [0.25, 0.3) is 0 Å². The summed E-state index contributed by atoms with van der Waals surface area (Å²) in [7, 11) is -3.72. The van der Waals surface area contributed by atoms with Crippen LogP contribution in [0.15, 0.2) is 35.5 Å². The lowest BCUT2D eigenvalue weighted by Gasteiger charge is -2.27. The van der Waals surface area contributed by atoms with Crippen molar-refractivity contribution in [3.63, 3.8) is 0 Å². The number of sulfonamides is 1. The summed E-state index contributed by atoms with van der Waals surface area (Å²) in [6, 6.07) is 6.64. The standard InChI is InChI=1S/C14H18N4O3S/c1-2-21-13-8-4-7-12(16-13)17-22(19,20)14-9-10-15-18(14)11-5-3-6-11/h4,7-11H,2-3,5-6H2,1H3,(H,16,17). The summed E-state index contributed by atoms with van der Waals surface area (Å²) in [5, 5.41) is 4.31. The third-order valence-electron chi connectivity index (χ3n) is 3.58. The van der Waals surface area contributed by atoms with Gasteiger partial charge in [0.05, 0.1) is 18.8 Å². The van der Waals surface area contributed by atoms with Gasteiger partial charge in [-0.25, -0.2) is 4.68 Å². The largest absolute Gasteiger partial charge is 0.478 e. The minimum atomic E-state index is -3.72. The maximum Gasteiger partial charge on any atom is 0.280 e.